The summed E-state index contributed by atoms with van der Waals surface area (Å²) >= 11 is 5.92. The Labute approximate surface area is 166 Å². The van der Waals surface area contributed by atoms with Crippen LogP contribution in [0, 0.1) is 0 Å². The van der Waals surface area contributed by atoms with Crippen LogP contribution in [0.25, 0.3) is 22.2 Å². The topological polar surface area (TPSA) is 83.9 Å². The fourth-order valence-electron chi connectivity index (χ4n) is 2.71. The molecular formula is C20H15ClN6O. The number of hydrazine groups is 1. The largest absolute Gasteiger partial charge is 0.274 e. The van der Waals surface area contributed by atoms with Crippen molar-refractivity contribution in [2.24, 2.45) is 0 Å². The number of anilines is 2. The van der Waals surface area contributed by atoms with Crippen molar-refractivity contribution < 1.29 is 4.79 Å². The van der Waals surface area contributed by atoms with Crippen LogP contribution in [0.4, 0.5) is 11.6 Å². The van der Waals surface area contributed by atoms with E-state index in [-0.39, 0.29) is 11.9 Å². The van der Waals surface area contributed by atoms with E-state index >= 15 is 0 Å². The Kier molecular flexibility index (Phi) is 4.82. The lowest BCUT2D eigenvalue weighted by Gasteiger charge is -2.22. The first-order chi connectivity index (χ1) is 13.6. The average Bonchev–Trinajstić information content (AvgIpc) is 2.72. The lowest BCUT2D eigenvalue weighted by atomic mass is 10.2. The third kappa shape index (κ3) is 3.74. The standard InChI is InChI=1S/C20H15ClN6O/c1-13(28)26-27(17-8-9-18-15(11-17)3-2-10-22-18)20-23-12-19(24-25-20)14-4-6-16(21)7-5-14/h2-12H,1H3,(H,26,28). The second kappa shape index (κ2) is 7.58. The van der Waals surface area contributed by atoms with Gasteiger partial charge in [0.25, 0.3) is 5.95 Å². The number of fused-ring (bicyclic) bond motifs is 1. The molecule has 8 heteroatoms. The number of pyridine rings is 1. The zero-order valence-electron chi connectivity index (χ0n) is 14.9. The monoisotopic (exact) mass is 390 g/mol. The van der Waals surface area contributed by atoms with Crippen molar-refractivity contribution in [1.29, 1.82) is 0 Å². The van der Waals surface area contributed by atoms with Crippen LogP contribution >= 0.6 is 11.6 Å². The summed E-state index contributed by atoms with van der Waals surface area (Å²) in [4.78, 5) is 20.4. The molecular weight excluding hydrogens is 376 g/mol. The predicted octanol–water partition coefficient (Wildman–Crippen LogP) is 3.93. The first-order valence-electron chi connectivity index (χ1n) is 8.48. The average molecular weight is 391 g/mol. The first-order valence-corrected chi connectivity index (χ1v) is 8.86. The Morgan fingerprint density at radius 3 is 2.57 bits per heavy atom. The van der Waals surface area contributed by atoms with Gasteiger partial charge in [-0.25, -0.2) is 9.99 Å². The number of aromatic nitrogens is 4. The third-order valence-electron chi connectivity index (χ3n) is 4.00. The van der Waals surface area contributed by atoms with Crippen LogP contribution in [-0.4, -0.2) is 26.1 Å². The van der Waals surface area contributed by atoms with Gasteiger partial charge in [0.15, 0.2) is 0 Å². The molecule has 0 radical (unpaired) electrons. The fourth-order valence-corrected chi connectivity index (χ4v) is 2.84. The molecule has 2 aromatic heterocycles. The van der Waals surface area contributed by atoms with Gasteiger partial charge in [0.05, 0.1) is 17.4 Å². The van der Waals surface area contributed by atoms with Crippen LogP contribution in [-0.2, 0) is 4.79 Å². The molecule has 2 aromatic carbocycles. The van der Waals surface area contributed by atoms with Crippen LogP contribution in [0.5, 0.6) is 0 Å². The maximum Gasteiger partial charge on any atom is 0.268 e. The van der Waals surface area contributed by atoms with E-state index in [1.165, 1.54) is 11.9 Å². The third-order valence-corrected chi connectivity index (χ3v) is 4.26. The van der Waals surface area contributed by atoms with Crippen LogP contribution in [0.1, 0.15) is 6.92 Å². The number of rotatable bonds is 4. The van der Waals surface area contributed by atoms with Crippen LogP contribution in [0.3, 0.4) is 0 Å². The molecule has 0 unspecified atom stereocenters. The summed E-state index contributed by atoms with van der Waals surface area (Å²) in [5.74, 6) is -0.00665. The molecule has 1 amide bonds. The summed E-state index contributed by atoms with van der Waals surface area (Å²) in [6.07, 6.45) is 3.33. The van der Waals surface area contributed by atoms with E-state index in [1.54, 1.807) is 24.5 Å². The van der Waals surface area contributed by atoms with Gasteiger partial charge in [-0.05, 0) is 36.4 Å². The zero-order chi connectivity index (χ0) is 19.5. The van der Waals surface area contributed by atoms with Crippen molar-refractivity contribution in [3.05, 3.63) is 72.0 Å². The summed E-state index contributed by atoms with van der Waals surface area (Å²) in [6, 6.07) is 16.6. The highest BCUT2D eigenvalue weighted by molar-refractivity contribution is 6.30. The summed E-state index contributed by atoms with van der Waals surface area (Å²) in [5, 5.41) is 11.5. The molecule has 2 heterocycles. The van der Waals surface area contributed by atoms with E-state index in [2.05, 4.69) is 25.6 Å². The van der Waals surface area contributed by atoms with Crippen molar-refractivity contribution in [2.45, 2.75) is 6.92 Å². The van der Waals surface area contributed by atoms with E-state index in [0.29, 0.717) is 16.4 Å². The number of hydrogen-bond acceptors (Lipinski definition) is 6. The van der Waals surface area contributed by atoms with Gasteiger partial charge in [-0.15, -0.1) is 10.2 Å². The number of nitrogens with one attached hydrogen (secondary N) is 1. The van der Waals surface area contributed by atoms with Crippen LogP contribution in [0.15, 0.2) is 67.0 Å². The van der Waals surface area contributed by atoms with Crippen molar-refractivity contribution in [2.75, 3.05) is 5.01 Å². The van der Waals surface area contributed by atoms with E-state index in [0.717, 1.165) is 16.5 Å². The Bertz CT molecular complexity index is 1130. The fraction of sp³-hybridized carbons (Fsp3) is 0.0500. The molecule has 138 valence electrons. The van der Waals surface area contributed by atoms with Gasteiger partial charge in [-0.2, -0.15) is 0 Å². The van der Waals surface area contributed by atoms with Gasteiger partial charge in [-0.3, -0.25) is 15.2 Å². The molecule has 7 nitrogen and oxygen atoms in total. The Balaban J connectivity index is 1.70. The normalized spacial score (nSPS) is 10.6. The maximum atomic E-state index is 11.7. The smallest absolute Gasteiger partial charge is 0.268 e. The zero-order valence-corrected chi connectivity index (χ0v) is 15.6. The molecule has 28 heavy (non-hydrogen) atoms. The Morgan fingerprint density at radius 1 is 1.04 bits per heavy atom. The molecule has 4 rings (SSSR count). The second-order valence-corrected chi connectivity index (χ2v) is 6.47. The highest BCUT2D eigenvalue weighted by Gasteiger charge is 2.15. The Hall–Kier alpha value is -3.58. The number of carbonyl (C=O) groups is 1. The summed E-state index contributed by atoms with van der Waals surface area (Å²) in [6.45, 7) is 1.42. The molecule has 0 fully saturated rings. The summed E-state index contributed by atoms with van der Waals surface area (Å²) in [7, 11) is 0. The molecule has 0 atom stereocenters. The molecule has 0 saturated carbocycles. The van der Waals surface area contributed by atoms with E-state index in [1.807, 2.05) is 42.5 Å². The van der Waals surface area contributed by atoms with Gasteiger partial charge in [0, 0.05) is 29.1 Å². The number of carbonyl (C=O) groups excluding carboxylic acids is 1. The lowest BCUT2D eigenvalue weighted by Crippen LogP contribution is -2.38. The summed E-state index contributed by atoms with van der Waals surface area (Å²) < 4.78 is 0. The SMILES string of the molecule is CC(=O)NN(c1ccc2ncccc2c1)c1ncc(-c2ccc(Cl)cc2)nn1. The maximum absolute atomic E-state index is 11.7. The van der Waals surface area contributed by atoms with Gasteiger partial charge in [0.1, 0.15) is 5.69 Å². The van der Waals surface area contributed by atoms with Gasteiger partial charge in [0.2, 0.25) is 5.91 Å². The predicted molar refractivity (Wildman–Crippen MR) is 108 cm³/mol. The molecule has 0 aliphatic carbocycles. The van der Waals surface area contributed by atoms with E-state index in [9.17, 15) is 4.79 Å². The van der Waals surface area contributed by atoms with Crippen molar-refractivity contribution in [1.82, 2.24) is 25.6 Å². The van der Waals surface area contributed by atoms with Crippen LogP contribution < -0.4 is 10.4 Å². The number of halogens is 1. The van der Waals surface area contributed by atoms with Crippen LogP contribution in [0.2, 0.25) is 5.02 Å². The minimum absolute atomic E-state index is 0.246. The quantitative estimate of drug-likeness (QED) is 0.531. The highest BCUT2D eigenvalue weighted by Crippen LogP contribution is 2.25. The summed E-state index contributed by atoms with van der Waals surface area (Å²) in [5.41, 5.74) is 5.73. The lowest BCUT2D eigenvalue weighted by molar-refractivity contribution is -0.118. The van der Waals surface area contributed by atoms with E-state index < -0.39 is 0 Å². The van der Waals surface area contributed by atoms with Gasteiger partial charge >= 0.3 is 0 Å². The molecule has 0 bridgehead atoms. The minimum Gasteiger partial charge on any atom is -0.274 e. The molecule has 1 N–H and O–H groups in total. The molecule has 4 aromatic rings. The molecule has 0 saturated heterocycles. The first kappa shape index (κ1) is 17.8. The number of benzene rings is 2. The highest BCUT2D eigenvalue weighted by atomic mass is 35.5. The molecule has 0 aliphatic heterocycles. The van der Waals surface area contributed by atoms with Crippen molar-refractivity contribution >= 4 is 40.0 Å². The minimum atomic E-state index is -0.253. The Morgan fingerprint density at radius 2 is 1.86 bits per heavy atom. The number of amides is 1. The van der Waals surface area contributed by atoms with Gasteiger partial charge in [-0.1, -0.05) is 29.8 Å². The number of nitrogens with zero attached hydrogens (tertiary/aromatic N) is 5. The molecule has 0 spiro atoms. The van der Waals surface area contributed by atoms with Crippen molar-refractivity contribution in [3.63, 3.8) is 0 Å². The second-order valence-electron chi connectivity index (χ2n) is 6.03. The van der Waals surface area contributed by atoms with Gasteiger partial charge < -0.3 is 0 Å². The van der Waals surface area contributed by atoms with Crippen molar-refractivity contribution in [3.8, 4) is 11.3 Å². The molecule has 0 aliphatic rings. The number of hydrogen-bond donors (Lipinski definition) is 1. The van der Waals surface area contributed by atoms with E-state index in [4.69, 9.17) is 11.6 Å².